The maximum Gasteiger partial charge on any atom is 0.222 e. The molecular weight excluding hydrogens is 235 g/mol. The first-order chi connectivity index (χ1) is 8.72. The molecule has 0 spiro atoms. The molecule has 96 valence electrons. The van der Waals surface area contributed by atoms with Crippen LogP contribution in [0.3, 0.4) is 0 Å². The van der Waals surface area contributed by atoms with Gasteiger partial charge in [-0.05, 0) is 31.9 Å². The lowest BCUT2D eigenvalue weighted by Gasteiger charge is -2.09. The molecule has 0 aromatic heterocycles. The molecule has 4 heteroatoms. The molecule has 0 heterocycles. The van der Waals surface area contributed by atoms with Crippen molar-refractivity contribution in [2.24, 2.45) is 0 Å². The summed E-state index contributed by atoms with van der Waals surface area (Å²) in [5.41, 5.74) is 0.283. The molecule has 1 aromatic rings. The number of aldehydes is 1. The fourth-order valence-corrected chi connectivity index (χ4v) is 1.34. The zero-order valence-corrected chi connectivity index (χ0v) is 10.4. The number of ether oxygens (including phenoxy) is 2. The number of halogens is 1. The molecule has 0 amide bonds. The van der Waals surface area contributed by atoms with Crippen molar-refractivity contribution in [2.45, 2.75) is 20.1 Å². The Hall–Kier alpha value is -1.70. The summed E-state index contributed by atoms with van der Waals surface area (Å²) in [6.45, 7) is 4.57. The van der Waals surface area contributed by atoms with E-state index in [1.54, 1.807) is 6.07 Å². The van der Waals surface area contributed by atoms with Crippen LogP contribution in [0.4, 0.5) is 4.39 Å². The first kappa shape index (κ1) is 14.4. The topological polar surface area (TPSA) is 35.5 Å². The fraction of sp³-hybridized carbons (Fsp3) is 0.357. The van der Waals surface area contributed by atoms with Crippen molar-refractivity contribution in [1.29, 1.82) is 0 Å². The highest BCUT2D eigenvalue weighted by atomic mass is 19.1. The molecule has 0 aliphatic heterocycles. The predicted molar refractivity (Wildman–Crippen MR) is 65.7 cm³/mol. The third-order valence-corrected chi connectivity index (χ3v) is 2.13. The molecule has 18 heavy (non-hydrogen) atoms. The van der Waals surface area contributed by atoms with Gasteiger partial charge in [0, 0.05) is 18.8 Å². The van der Waals surface area contributed by atoms with Crippen LogP contribution in [0.1, 0.15) is 29.8 Å². The van der Waals surface area contributed by atoms with Crippen LogP contribution >= 0.6 is 0 Å². The highest BCUT2D eigenvalue weighted by molar-refractivity contribution is 5.79. The molecular formula is C14H15FO3. The number of carbonyl (C=O) groups is 1. The average molecular weight is 250 g/mol. The highest BCUT2D eigenvalue weighted by Gasteiger charge is 2.06. The lowest BCUT2D eigenvalue weighted by atomic mass is 10.1. The van der Waals surface area contributed by atoms with Gasteiger partial charge in [-0.1, -0.05) is 12.0 Å². The van der Waals surface area contributed by atoms with Crippen molar-refractivity contribution in [3.8, 4) is 11.8 Å². The molecule has 0 bridgehead atoms. The Morgan fingerprint density at radius 2 is 2.00 bits per heavy atom. The highest BCUT2D eigenvalue weighted by Crippen LogP contribution is 2.10. The monoisotopic (exact) mass is 250 g/mol. The second kappa shape index (κ2) is 7.59. The van der Waals surface area contributed by atoms with Crippen LogP contribution in [0, 0.1) is 17.7 Å². The van der Waals surface area contributed by atoms with Gasteiger partial charge < -0.3 is 9.47 Å². The standard InChI is InChI=1S/C14H15FO3/c1-3-17-14(18-4-2)9-8-11-6-5-7-13(15)12(11)10-16/h5-7,10,14H,3-4H2,1-2H3. The van der Waals surface area contributed by atoms with E-state index in [0.29, 0.717) is 25.1 Å². The van der Waals surface area contributed by atoms with Crippen LogP contribution < -0.4 is 0 Å². The Bertz CT molecular complexity index is 454. The van der Waals surface area contributed by atoms with Gasteiger partial charge in [-0.3, -0.25) is 4.79 Å². The summed E-state index contributed by atoms with van der Waals surface area (Å²) in [5, 5.41) is 0. The van der Waals surface area contributed by atoms with Gasteiger partial charge in [-0.25, -0.2) is 4.39 Å². The Morgan fingerprint density at radius 1 is 1.33 bits per heavy atom. The van der Waals surface area contributed by atoms with Crippen molar-refractivity contribution in [1.82, 2.24) is 0 Å². The number of carbonyl (C=O) groups excluding carboxylic acids is 1. The zero-order chi connectivity index (χ0) is 13.4. The van der Waals surface area contributed by atoms with E-state index in [-0.39, 0.29) is 5.56 Å². The summed E-state index contributed by atoms with van der Waals surface area (Å²) < 4.78 is 23.8. The first-order valence-corrected chi connectivity index (χ1v) is 5.71. The number of benzene rings is 1. The normalized spacial score (nSPS) is 10.0. The Kier molecular flexibility index (Phi) is 6.06. The van der Waals surface area contributed by atoms with Crippen molar-refractivity contribution >= 4 is 6.29 Å². The van der Waals surface area contributed by atoms with E-state index in [1.807, 2.05) is 13.8 Å². The quantitative estimate of drug-likeness (QED) is 0.457. The zero-order valence-electron chi connectivity index (χ0n) is 10.4. The molecule has 0 aliphatic carbocycles. The summed E-state index contributed by atoms with van der Waals surface area (Å²) in [5.74, 6) is 4.84. The third kappa shape index (κ3) is 3.95. The summed E-state index contributed by atoms with van der Waals surface area (Å²) in [7, 11) is 0. The van der Waals surface area contributed by atoms with E-state index >= 15 is 0 Å². The molecule has 0 unspecified atom stereocenters. The molecule has 1 rings (SSSR count). The molecule has 0 radical (unpaired) electrons. The lowest BCUT2D eigenvalue weighted by molar-refractivity contribution is -0.0969. The van der Waals surface area contributed by atoms with Gasteiger partial charge in [-0.2, -0.15) is 0 Å². The van der Waals surface area contributed by atoms with Crippen molar-refractivity contribution < 1.29 is 18.7 Å². The van der Waals surface area contributed by atoms with Gasteiger partial charge in [0.15, 0.2) is 6.29 Å². The molecule has 1 aromatic carbocycles. The van der Waals surface area contributed by atoms with Gasteiger partial charge in [0.05, 0.1) is 5.56 Å². The van der Waals surface area contributed by atoms with E-state index in [0.717, 1.165) is 0 Å². The minimum atomic E-state index is -0.664. The summed E-state index contributed by atoms with van der Waals surface area (Å²) in [6.07, 6.45) is -0.210. The second-order valence-corrected chi connectivity index (χ2v) is 3.33. The smallest absolute Gasteiger partial charge is 0.222 e. The Morgan fingerprint density at radius 3 is 2.56 bits per heavy atom. The third-order valence-electron chi connectivity index (χ3n) is 2.13. The molecule has 0 saturated heterocycles. The molecule has 3 nitrogen and oxygen atoms in total. The van der Waals surface area contributed by atoms with Crippen molar-refractivity contribution in [3.05, 3.63) is 35.1 Å². The van der Waals surface area contributed by atoms with Crippen molar-refractivity contribution in [2.75, 3.05) is 13.2 Å². The van der Waals surface area contributed by atoms with Crippen LogP contribution in [0.5, 0.6) is 0 Å². The van der Waals surface area contributed by atoms with Gasteiger partial charge in [0.2, 0.25) is 6.29 Å². The van der Waals surface area contributed by atoms with Crippen molar-refractivity contribution in [3.63, 3.8) is 0 Å². The maximum atomic E-state index is 13.3. The second-order valence-electron chi connectivity index (χ2n) is 3.33. The SMILES string of the molecule is CCOC(C#Cc1cccc(F)c1C=O)OCC. The van der Waals surface area contributed by atoms with E-state index < -0.39 is 12.1 Å². The average Bonchev–Trinajstić information content (AvgIpc) is 2.36. The van der Waals surface area contributed by atoms with E-state index in [4.69, 9.17) is 9.47 Å². The fourth-order valence-electron chi connectivity index (χ4n) is 1.34. The Labute approximate surface area is 106 Å². The van der Waals surface area contributed by atoms with Crippen LogP contribution in [-0.4, -0.2) is 25.8 Å². The maximum absolute atomic E-state index is 13.3. The number of rotatable bonds is 5. The largest absolute Gasteiger partial charge is 0.342 e. The van der Waals surface area contributed by atoms with E-state index in [9.17, 15) is 9.18 Å². The lowest BCUT2D eigenvalue weighted by Crippen LogP contribution is -2.14. The minimum Gasteiger partial charge on any atom is -0.342 e. The molecule has 0 N–H and O–H groups in total. The van der Waals surface area contributed by atoms with E-state index in [2.05, 4.69) is 11.8 Å². The number of hydrogen-bond donors (Lipinski definition) is 0. The minimum absolute atomic E-state index is 0.0447. The van der Waals surface area contributed by atoms with Gasteiger partial charge in [0.1, 0.15) is 5.82 Å². The summed E-state index contributed by atoms with van der Waals surface area (Å²) in [4.78, 5) is 10.8. The molecule has 0 atom stereocenters. The Balaban J connectivity index is 2.95. The van der Waals surface area contributed by atoms with Gasteiger partial charge in [0.25, 0.3) is 0 Å². The number of hydrogen-bond acceptors (Lipinski definition) is 3. The molecule has 0 saturated carbocycles. The van der Waals surface area contributed by atoms with Crippen LogP contribution in [0.15, 0.2) is 18.2 Å². The van der Waals surface area contributed by atoms with Crippen LogP contribution in [0.25, 0.3) is 0 Å². The van der Waals surface area contributed by atoms with Crippen LogP contribution in [0.2, 0.25) is 0 Å². The van der Waals surface area contributed by atoms with E-state index in [1.165, 1.54) is 12.1 Å². The molecule has 0 aliphatic rings. The van der Waals surface area contributed by atoms with Gasteiger partial charge in [-0.15, -0.1) is 0 Å². The summed E-state index contributed by atoms with van der Waals surface area (Å²) >= 11 is 0. The first-order valence-electron chi connectivity index (χ1n) is 5.71. The van der Waals surface area contributed by atoms with Gasteiger partial charge >= 0.3 is 0 Å². The predicted octanol–water partition coefficient (Wildman–Crippen LogP) is 2.39. The molecule has 0 fully saturated rings. The summed E-state index contributed by atoms with van der Waals surface area (Å²) in [6, 6.07) is 4.30. The van der Waals surface area contributed by atoms with Crippen LogP contribution in [-0.2, 0) is 9.47 Å².